The Morgan fingerprint density at radius 2 is 2.00 bits per heavy atom. The van der Waals surface area contributed by atoms with Crippen LogP contribution >= 0.6 is 0 Å². The molecule has 0 rings (SSSR count). The van der Waals surface area contributed by atoms with Crippen LogP contribution in [0.2, 0.25) is 0 Å². The van der Waals surface area contributed by atoms with Crippen molar-refractivity contribution in [2.24, 2.45) is 5.92 Å². The first-order chi connectivity index (χ1) is 7.15. The Morgan fingerprint density at radius 3 is 2.47 bits per heavy atom. The van der Waals surface area contributed by atoms with Gasteiger partial charge in [0.1, 0.15) is 0 Å². The van der Waals surface area contributed by atoms with E-state index in [1.54, 1.807) is 0 Å². The predicted molar refractivity (Wildman–Crippen MR) is 59.6 cm³/mol. The van der Waals surface area contributed by atoms with E-state index in [1.807, 2.05) is 0 Å². The first-order valence-electron chi connectivity index (χ1n) is 5.61. The molecule has 2 N–H and O–H groups in total. The third kappa shape index (κ3) is 6.47. The SMILES string of the molecule is CCC(CC)C(O)CNCCC(=O)OC. The normalized spacial score (nSPS) is 12.9. The zero-order valence-corrected chi connectivity index (χ0v) is 9.95. The zero-order valence-electron chi connectivity index (χ0n) is 9.95. The van der Waals surface area contributed by atoms with Crippen LogP contribution in [0.1, 0.15) is 33.1 Å². The first kappa shape index (κ1) is 14.4. The minimum Gasteiger partial charge on any atom is -0.469 e. The summed E-state index contributed by atoms with van der Waals surface area (Å²) in [7, 11) is 1.38. The maximum atomic E-state index is 10.8. The summed E-state index contributed by atoms with van der Waals surface area (Å²) >= 11 is 0. The number of esters is 1. The average Bonchev–Trinajstić information content (AvgIpc) is 2.25. The Kier molecular flexibility index (Phi) is 8.33. The molecule has 4 heteroatoms. The molecule has 0 spiro atoms. The van der Waals surface area contributed by atoms with Gasteiger partial charge < -0.3 is 15.2 Å². The molecule has 0 aliphatic rings. The molecule has 0 aliphatic carbocycles. The molecular weight excluding hydrogens is 194 g/mol. The van der Waals surface area contributed by atoms with E-state index in [9.17, 15) is 9.90 Å². The van der Waals surface area contributed by atoms with Gasteiger partial charge in [-0.05, 0) is 5.92 Å². The van der Waals surface area contributed by atoms with Crippen LogP contribution in [0.25, 0.3) is 0 Å². The molecule has 4 nitrogen and oxygen atoms in total. The van der Waals surface area contributed by atoms with Crippen LogP contribution in [0.15, 0.2) is 0 Å². The number of methoxy groups -OCH3 is 1. The molecule has 0 saturated heterocycles. The number of carbonyl (C=O) groups excluding carboxylic acids is 1. The quantitative estimate of drug-likeness (QED) is 0.469. The Hall–Kier alpha value is -0.610. The van der Waals surface area contributed by atoms with E-state index < -0.39 is 0 Å². The number of hydrogen-bond donors (Lipinski definition) is 2. The minimum absolute atomic E-state index is 0.223. The number of aliphatic hydroxyl groups excluding tert-OH is 1. The van der Waals surface area contributed by atoms with E-state index in [0.29, 0.717) is 25.4 Å². The highest BCUT2D eigenvalue weighted by Crippen LogP contribution is 2.11. The monoisotopic (exact) mass is 217 g/mol. The van der Waals surface area contributed by atoms with E-state index in [1.165, 1.54) is 7.11 Å². The summed E-state index contributed by atoms with van der Waals surface area (Å²) < 4.78 is 4.51. The van der Waals surface area contributed by atoms with E-state index in [2.05, 4.69) is 23.9 Å². The summed E-state index contributed by atoms with van der Waals surface area (Å²) in [6.07, 6.45) is 2.00. The van der Waals surface area contributed by atoms with Gasteiger partial charge in [-0.3, -0.25) is 4.79 Å². The predicted octanol–water partition coefficient (Wildman–Crippen LogP) is 0.936. The largest absolute Gasteiger partial charge is 0.469 e. The van der Waals surface area contributed by atoms with Crippen LogP contribution < -0.4 is 5.32 Å². The third-order valence-electron chi connectivity index (χ3n) is 2.68. The molecule has 0 heterocycles. The standard InChI is InChI=1S/C11H23NO3/c1-4-9(5-2)10(13)8-12-7-6-11(14)15-3/h9-10,12-13H,4-8H2,1-3H3. The van der Waals surface area contributed by atoms with Crippen molar-refractivity contribution in [2.45, 2.75) is 39.2 Å². The second kappa shape index (κ2) is 8.68. The van der Waals surface area contributed by atoms with Gasteiger partial charge in [-0.2, -0.15) is 0 Å². The molecule has 1 unspecified atom stereocenters. The average molecular weight is 217 g/mol. The van der Waals surface area contributed by atoms with Gasteiger partial charge in [0.15, 0.2) is 0 Å². The lowest BCUT2D eigenvalue weighted by molar-refractivity contribution is -0.140. The first-order valence-corrected chi connectivity index (χ1v) is 5.61. The van der Waals surface area contributed by atoms with Crippen molar-refractivity contribution in [1.29, 1.82) is 0 Å². The maximum Gasteiger partial charge on any atom is 0.306 e. The van der Waals surface area contributed by atoms with Gasteiger partial charge in [-0.25, -0.2) is 0 Å². The van der Waals surface area contributed by atoms with Gasteiger partial charge in [-0.1, -0.05) is 26.7 Å². The lowest BCUT2D eigenvalue weighted by atomic mass is 9.96. The molecule has 0 aromatic heterocycles. The molecule has 0 fully saturated rings. The maximum absolute atomic E-state index is 10.8. The summed E-state index contributed by atoms with van der Waals surface area (Å²) in [5.74, 6) is 0.121. The molecule has 1 atom stereocenters. The summed E-state index contributed by atoms with van der Waals surface area (Å²) in [6, 6.07) is 0. The Balaban J connectivity index is 3.53. The van der Waals surface area contributed by atoms with Gasteiger partial charge in [0.05, 0.1) is 19.6 Å². The Labute approximate surface area is 92.0 Å². The summed E-state index contributed by atoms with van der Waals surface area (Å²) in [5.41, 5.74) is 0. The van der Waals surface area contributed by atoms with Gasteiger partial charge in [0.25, 0.3) is 0 Å². The Morgan fingerprint density at radius 1 is 1.40 bits per heavy atom. The summed E-state index contributed by atoms with van der Waals surface area (Å²) in [4.78, 5) is 10.8. The zero-order chi connectivity index (χ0) is 11.7. The molecular formula is C11H23NO3. The lowest BCUT2D eigenvalue weighted by Gasteiger charge is -2.20. The molecule has 0 amide bonds. The van der Waals surface area contributed by atoms with Crippen LogP contribution in [0.4, 0.5) is 0 Å². The second-order valence-electron chi connectivity index (χ2n) is 3.67. The highest BCUT2D eigenvalue weighted by atomic mass is 16.5. The minimum atomic E-state index is -0.322. The second-order valence-corrected chi connectivity index (χ2v) is 3.67. The van der Waals surface area contributed by atoms with Crippen molar-refractivity contribution in [2.75, 3.05) is 20.2 Å². The van der Waals surface area contributed by atoms with Gasteiger partial charge in [-0.15, -0.1) is 0 Å². The number of carbonyl (C=O) groups is 1. The smallest absolute Gasteiger partial charge is 0.306 e. The van der Waals surface area contributed by atoms with Crippen LogP contribution in [0, 0.1) is 5.92 Å². The number of hydrogen-bond acceptors (Lipinski definition) is 4. The van der Waals surface area contributed by atoms with Crippen molar-refractivity contribution in [1.82, 2.24) is 5.32 Å². The van der Waals surface area contributed by atoms with Crippen LogP contribution in [0.3, 0.4) is 0 Å². The molecule has 0 aromatic carbocycles. The molecule has 0 saturated carbocycles. The molecule has 90 valence electrons. The van der Waals surface area contributed by atoms with Crippen LogP contribution in [-0.2, 0) is 9.53 Å². The molecule has 15 heavy (non-hydrogen) atoms. The molecule has 0 radical (unpaired) electrons. The van der Waals surface area contributed by atoms with Crippen molar-refractivity contribution < 1.29 is 14.6 Å². The van der Waals surface area contributed by atoms with E-state index in [4.69, 9.17) is 0 Å². The third-order valence-corrected chi connectivity index (χ3v) is 2.68. The topological polar surface area (TPSA) is 58.6 Å². The van der Waals surface area contributed by atoms with E-state index in [-0.39, 0.29) is 12.1 Å². The molecule has 0 aromatic rings. The fourth-order valence-corrected chi connectivity index (χ4v) is 1.54. The fraction of sp³-hybridized carbons (Fsp3) is 0.909. The highest BCUT2D eigenvalue weighted by molar-refractivity contribution is 5.69. The van der Waals surface area contributed by atoms with E-state index >= 15 is 0 Å². The van der Waals surface area contributed by atoms with Gasteiger partial charge in [0.2, 0.25) is 0 Å². The van der Waals surface area contributed by atoms with Gasteiger partial charge in [0, 0.05) is 13.1 Å². The Bertz CT molecular complexity index is 169. The number of rotatable bonds is 8. The number of ether oxygens (including phenoxy) is 1. The van der Waals surface area contributed by atoms with Crippen molar-refractivity contribution in [3.8, 4) is 0 Å². The summed E-state index contributed by atoms with van der Waals surface area (Å²) in [6.45, 7) is 5.25. The highest BCUT2D eigenvalue weighted by Gasteiger charge is 2.14. The van der Waals surface area contributed by atoms with Crippen molar-refractivity contribution in [3.63, 3.8) is 0 Å². The molecule has 0 aliphatic heterocycles. The van der Waals surface area contributed by atoms with Crippen molar-refractivity contribution >= 4 is 5.97 Å². The van der Waals surface area contributed by atoms with Crippen molar-refractivity contribution in [3.05, 3.63) is 0 Å². The van der Waals surface area contributed by atoms with Gasteiger partial charge >= 0.3 is 5.97 Å². The number of aliphatic hydroxyl groups is 1. The summed E-state index contributed by atoms with van der Waals surface area (Å²) in [5, 5.41) is 12.8. The fourth-order valence-electron chi connectivity index (χ4n) is 1.54. The van der Waals surface area contributed by atoms with E-state index in [0.717, 1.165) is 12.8 Å². The van der Waals surface area contributed by atoms with Crippen LogP contribution in [-0.4, -0.2) is 37.4 Å². The number of nitrogens with one attached hydrogen (secondary N) is 1. The molecule has 0 bridgehead atoms. The van der Waals surface area contributed by atoms with Crippen LogP contribution in [0.5, 0.6) is 0 Å². The lowest BCUT2D eigenvalue weighted by Crippen LogP contribution is -2.33.